The molecule has 1 aromatic rings. The molecule has 0 saturated heterocycles. The summed E-state index contributed by atoms with van der Waals surface area (Å²) in [4.78, 5) is 14.4. The van der Waals surface area contributed by atoms with Gasteiger partial charge >= 0.3 is 0 Å². The summed E-state index contributed by atoms with van der Waals surface area (Å²) in [5, 5.41) is 11.9. The number of carbonyl (C=O) groups is 1. The summed E-state index contributed by atoms with van der Waals surface area (Å²) in [6.07, 6.45) is 2.42. The van der Waals surface area contributed by atoms with Crippen LogP contribution in [-0.4, -0.2) is 24.5 Å². The lowest BCUT2D eigenvalue weighted by molar-refractivity contribution is -0.122. The molecule has 0 bridgehead atoms. The zero-order chi connectivity index (χ0) is 15.7. The van der Waals surface area contributed by atoms with Crippen LogP contribution in [0.15, 0.2) is 30.3 Å². The Kier molecular flexibility index (Phi) is 7.31. The van der Waals surface area contributed by atoms with E-state index in [1.54, 1.807) is 0 Å². The van der Waals surface area contributed by atoms with E-state index in [2.05, 4.69) is 18.3 Å². The first-order valence-electron chi connectivity index (χ1n) is 7.59. The molecule has 0 aliphatic rings. The number of amides is 1. The number of hydrogen-bond donors (Lipinski definition) is 1. The molecule has 1 rings (SSSR count). The number of rotatable bonds is 8. The highest BCUT2D eigenvalue weighted by Crippen LogP contribution is 2.17. The smallest absolute Gasteiger partial charge is 0.242 e. The van der Waals surface area contributed by atoms with E-state index in [1.165, 1.54) is 0 Å². The van der Waals surface area contributed by atoms with Gasteiger partial charge in [-0.3, -0.25) is 4.79 Å². The molecular formula is C17H25N3O. The zero-order valence-corrected chi connectivity index (χ0v) is 13.2. The largest absolute Gasteiger partial charge is 0.359 e. The predicted molar refractivity (Wildman–Crippen MR) is 86.0 cm³/mol. The highest BCUT2D eigenvalue weighted by molar-refractivity contribution is 5.85. The quantitative estimate of drug-likeness (QED) is 0.799. The normalized spacial score (nSPS) is 13.0. The Morgan fingerprint density at radius 2 is 2.00 bits per heavy atom. The zero-order valence-electron chi connectivity index (χ0n) is 13.2. The number of carbonyl (C=O) groups excluding carboxylic acids is 1. The van der Waals surface area contributed by atoms with Gasteiger partial charge < -0.3 is 10.2 Å². The SMILES string of the molecule is CCCC(C)NC(=O)C(C)N(CCC#N)c1ccccc1. The van der Waals surface area contributed by atoms with Crippen molar-refractivity contribution in [3.05, 3.63) is 30.3 Å². The third-order valence-corrected chi connectivity index (χ3v) is 3.51. The second-order valence-corrected chi connectivity index (χ2v) is 5.31. The van der Waals surface area contributed by atoms with Crippen LogP contribution in [0.4, 0.5) is 5.69 Å². The molecule has 2 atom stereocenters. The monoisotopic (exact) mass is 287 g/mol. The van der Waals surface area contributed by atoms with Crippen molar-refractivity contribution >= 4 is 11.6 Å². The van der Waals surface area contributed by atoms with Gasteiger partial charge in [-0.15, -0.1) is 0 Å². The fourth-order valence-corrected chi connectivity index (χ4v) is 2.35. The fourth-order valence-electron chi connectivity index (χ4n) is 2.35. The molecule has 0 aromatic heterocycles. The highest BCUT2D eigenvalue weighted by atomic mass is 16.2. The lowest BCUT2D eigenvalue weighted by Gasteiger charge is -2.30. The minimum Gasteiger partial charge on any atom is -0.359 e. The fraction of sp³-hybridized carbons (Fsp3) is 0.529. The molecule has 114 valence electrons. The second-order valence-electron chi connectivity index (χ2n) is 5.31. The van der Waals surface area contributed by atoms with E-state index < -0.39 is 0 Å². The van der Waals surface area contributed by atoms with Crippen molar-refractivity contribution in [2.24, 2.45) is 0 Å². The lowest BCUT2D eigenvalue weighted by Crippen LogP contribution is -2.48. The molecule has 1 aromatic carbocycles. The Labute approximate surface area is 127 Å². The van der Waals surface area contributed by atoms with E-state index in [0.717, 1.165) is 18.5 Å². The number of anilines is 1. The molecule has 1 amide bonds. The molecule has 0 aliphatic heterocycles. The van der Waals surface area contributed by atoms with E-state index in [4.69, 9.17) is 5.26 Å². The van der Waals surface area contributed by atoms with Crippen LogP contribution in [0, 0.1) is 11.3 Å². The third kappa shape index (κ3) is 5.47. The minimum atomic E-state index is -0.292. The first-order chi connectivity index (χ1) is 10.1. The summed E-state index contributed by atoms with van der Waals surface area (Å²) < 4.78 is 0. The van der Waals surface area contributed by atoms with Gasteiger partial charge in [0, 0.05) is 18.3 Å². The Bertz CT molecular complexity index is 467. The Hall–Kier alpha value is -2.02. The van der Waals surface area contributed by atoms with Crippen molar-refractivity contribution in [1.82, 2.24) is 5.32 Å². The van der Waals surface area contributed by atoms with Crippen LogP contribution in [0.1, 0.15) is 40.0 Å². The van der Waals surface area contributed by atoms with Gasteiger partial charge in [-0.05, 0) is 32.4 Å². The summed E-state index contributed by atoms with van der Waals surface area (Å²) in [6.45, 7) is 6.57. The van der Waals surface area contributed by atoms with Crippen molar-refractivity contribution in [2.45, 2.75) is 52.1 Å². The number of benzene rings is 1. The van der Waals surface area contributed by atoms with Crippen molar-refractivity contribution in [2.75, 3.05) is 11.4 Å². The molecule has 2 unspecified atom stereocenters. The van der Waals surface area contributed by atoms with E-state index in [1.807, 2.05) is 49.1 Å². The van der Waals surface area contributed by atoms with Crippen molar-refractivity contribution < 1.29 is 4.79 Å². The van der Waals surface area contributed by atoms with Gasteiger partial charge in [0.25, 0.3) is 0 Å². The molecule has 4 heteroatoms. The lowest BCUT2D eigenvalue weighted by atomic mass is 10.1. The molecule has 0 saturated carbocycles. The average Bonchev–Trinajstić information content (AvgIpc) is 2.48. The Morgan fingerprint density at radius 1 is 1.33 bits per heavy atom. The molecule has 0 fully saturated rings. The average molecular weight is 287 g/mol. The van der Waals surface area contributed by atoms with Crippen LogP contribution in [-0.2, 0) is 4.79 Å². The number of hydrogen-bond acceptors (Lipinski definition) is 3. The van der Waals surface area contributed by atoms with Gasteiger partial charge in [-0.25, -0.2) is 0 Å². The van der Waals surface area contributed by atoms with Crippen LogP contribution in [0.25, 0.3) is 0 Å². The molecule has 0 radical (unpaired) electrons. The van der Waals surface area contributed by atoms with E-state index in [9.17, 15) is 4.79 Å². The van der Waals surface area contributed by atoms with Crippen LogP contribution in [0.3, 0.4) is 0 Å². The first-order valence-corrected chi connectivity index (χ1v) is 7.59. The molecule has 21 heavy (non-hydrogen) atoms. The van der Waals surface area contributed by atoms with Gasteiger partial charge in [0.1, 0.15) is 6.04 Å². The molecular weight excluding hydrogens is 262 g/mol. The summed E-state index contributed by atoms with van der Waals surface area (Å²) in [7, 11) is 0. The molecule has 4 nitrogen and oxygen atoms in total. The van der Waals surface area contributed by atoms with Gasteiger partial charge in [0.05, 0.1) is 12.5 Å². The minimum absolute atomic E-state index is 0.0118. The molecule has 0 heterocycles. The summed E-state index contributed by atoms with van der Waals surface area (Å²) in [6, 6.07) is 11.8. The molecule has 0 spiro atoms. The van der Waals surface area contributed by atoms with Gasteiger partial charge in [-0.2, -0.15) is 5.26 Å². The summed E-state index contributed by atoms with van der Waals surface area (Å²) in [5.41, 5.74) is 0.971. The van der Waals surface area contributed by atoms with Gasteiger partial charge in [0.15, 0.2) is 0 Å². The standard InChI is InChI=1S/C17H25N3O/c1-4-9-14(2)19-17(21)15(3)20(13-8-12-18)16-10-6-5-7-11-16/h5-7,10-11,14-15H,4,8-9,13H2,1-3H3,(H,19,21). The van der Waals surface area contributed by atoms with Crippen molar-refractivity contribution in [3.8, 4) is 6.07 Å². The van der Waals surface area contributed by atoms with Crippen molar-refractivity contribution in [1.29, 1.82) is 5.26 Å². The van der Waals surface area contributed by atoms with Crippen molar-refractivity contribution in [3.63, 3.8) is 0 Å². The predicted octanol–water partition coefficient (Wildman–Crippen LogP) is 3.10. The van der Waals surface area contributed by atoms with Crippen LogP contribution >= 0.6 is 0 Å². The van der Waals surface area contributed by atoms with E-state index in [0.29, 0.717) is 13.0 Å². The molecule has 1 N–H and O–H groups in total. The van der Waals surface area contributed by atoms with Gasteiger partial charge in [0.2, 0.25) is 5.91 Å². The first kappa shape index (κ1) is 17.0. The number of nitrogens with one attached hydrogen (secondary N) is 1. The second kappa shape index (κ2) is 9.02. The maximum Gasteiger partial charge on any atom is 0.242 e. The topological polar surface area (TPSA) is 56.1 Å². The summed E-state index contributed by atoms with van der Waals surface area (Å²) in [5.74, 6) is 0.0118. The summed E-state index contributed by atoms with van der Waals surface area (Å²) >= 11 is 0. The number of nitrogens with zero attached hydrogens (tertiary/aromatic N) is 2. The van der Waals surface area contributed by atoms with Crippen LogP contribution in [0.2, 0.25) is 0 Å². The van der Waals surface area contributed by atoms with E-state index >= 15 is 0 Å². The van der Waals surface area contributed by atoms with Gasteiger partial charge in [-0.1, -0.05) is 31.5 Å². The third-order valence-electron chi connectivity index (χ3n) is 3.51. The van der Waals surface area contributed by atoms with E-state index in [-0.39, 0.29) is 18.0 Å². The number of nitriles is 1. The Balaban J connectivity index is 2.78. The highest BCUT2D eigenvalue weighted by Gasteiger charge is 2.22. The Morgan fingerprint density at radius 3 is 2.57 bits per heavy atom. The maximum absolute atomic E-state index is 12.4. The number of para-hydroxylation sites is 1. The maximum atomic E-state index is 12.4. The molecule has 0 aliphatic carbocycles. The van der Waals surface area contributed by atoms with Crippen LogP contribution < -0.4 is 10.2 Å². The van der Waals surface area contributed by atoms with Crippen LogP contribution in [0.5, 0.6) is 0 Å².